The zero-order valence-corrected chi connectivity index (χ0v) is 12.1. The third kappa shape index (κ3) is 4.44. The summed E-state index contributed by atoms with van der Waals surface area (Å²) in [6.07, 6.45) is 4.87. The number of amides is 2. The van der Waals surface area contributed by atoms with Crippen LogP contribution in [0.2, 0.25) is 0 Å². The first kappa shape index (κ1) is 15.8. The van der Waals surface area contributed by atoms with Crippen molar-refractivity contribution in [2.45, 2.75) is 19.3 Å². The van der Waals surface area contributed by atoms with E-state index in [0.717, 1.165) is 44.5 Å². The second kappa shape index (κ2) is 7.40. The van der Waals surface area contributed by atoms with E-state index in [0.29, 0.717) is 11.3 Å². The van der Waals surface area contributed by atoms with Crippen molar-refractivity contribution in [2.75, 3.05) is 18.4 Å². The molecule has 1 aromatic rings. The van der Waals surface area contributed by atoms with Crippen molar-refractivity contribution in [2.24, 2.45) is 0 Å². The van der Waals surface area contributed by atoms with Gasteiger partial charge in [0.15, 0.2) is 0 Å². The lowest BCUT2D eigenvalue weighted by molar-refractivity contribution is -0.131. The van der Waals surface area contributed by atoms with Crippen molar-refractivity contribution in [3.8, 4) is 0 Å². The molecule has 2 N–H and O–H groups in total. The molecule has 0 bridgehead atoms. The van der Waals surface area contributed by atoms with Gasteiger partial charge in [0.05, 0.1) is 0 Å². The summed E-state index contributed by atoms with van der Waals surface area (Å²) in [6.45, 7) is 1.52. The molecule has 1 heterocycles. The second-order valence-corrected chi connectivity index (χ2v) is 5.09. The fourth-order valence-electron chi connectivity index (χ4n) is 2.34. The van der Waals surface area contributed by atoms with E-state index in [1.54, 1.807) is 24.3 Å². The largest absolute Gasteiger partial charge is 0.478 e. The smallest absolute Gasteiger partial charge is 0.328 e. The van der Waals surface area contributed by atoms with Gasteiger partial charge in [0.25, 0.3) is 5.91 Å². The highest BCUT2D eigenvalue weighted by Gasteiger charge is 2.18. The Hall–Kier alpha value is -2.63. The van der Waals surface area contributed by atoms with Crippen LogP contribution in [0.5, 0.6) is 0 Å². The number of hydrogen-bond donors (Lipinski definition) is 2. The van der Waals surface area contributed by atoms with Crippen molar-refractivity contribution in [3.63, 3.8) is 0 Å². The summed E-state index contributed by atoms with van der Waals surface area (Å²) in [7, 11) is 0. The van der Waals surface area contributed by atoms with Gasteiger partial charge in [-0.1, -0.05) is 6.07 Å². The van der Waals surface area contributed by atoms with Gasteiger partial charge in [-0.15, -0.1) is 0 Å². The zero-order valence-electron chi connectivity index (χ0n) is 12.1. The van der Waals surface area contributed by atoms with Crippen molar-refractivity contribution < 1.29 is 19.5 Å². The van der Waals surface area contributed by atoms with Gasteiger partial charge in [-0.2, -0.15) is 0 Å². The Labute approximate surface area is 128 Å². The lowest BCUT2D eigenvalue weighted by Gasteiger charge is -2.26. The Morgan fingerprint density at radius 1 is 1.09 bits per heavy atom. The van der Waals surface area contributed by atoms with Crippen LogP contribution in [0.4, 0.5) is 5.69 Å². The maximum absolute atomic E-state index is 12.4. The molecule has 0 radical (unpaired) electrons. The molecule has 0 saturated carbocycles. The number of carbonyl (C=O) groups excluding carboxylic acids is 2. The molecule has 0 aromatic heterocycles. The average molecular weight is 302 g/mol. The van der Waals surface area contributed by atoms with Gasteiger partial charge < -0.3 is 15.3 Å². The van der Waals surface area contributed by atoms with E-state index in [1.807, 2.05) is 4.90 Å². The summed E-state index contributed by atoms with van der Waals surface area (Å²) >= 11 is 0. The number of rotatable bonds is 4. The van der Waals surface area contributed by atoms with E-state index in [4.69, 9.17) is 5.11 Å². The summed E-state index contributed by atoms with van der Waals surface area (Å²) in [4.78, 5) is 36.1. The van der Waals surface area contributed by atoms with Crippen LogP contribution < -0.4 is 5.32 Å². The fourth-order valence-corrected chi connectivity index (χ4v) is 2.34. The normalized spacial score (nSPS) is 14.8. The predicted octanol–water partition coefficient (Wildman–Crippen LogP) is 1.89. The molecule has 2 rings (SSSR count). The topological polar surface area (TPSA) is 86.7 Å². The number of piperidine rings is 1. The van der Waals surface area contributed by atoms with Gasteiger partial charge in [0, 0.05) is 36.5 Å². The van der Waals surface area contributed by atoms with E-state index in [-0.39, 0.29) is 5.91 Å². The molecule has 22 heavy (non-hydrogen) atoms. The summed E-state index contributed by atoms with van der Waals surface area (Å²) in [6, 6.07) is 6.65. The van der Waals surface area contributed by atoms with Crippen molar-refractivity contribution in [1.29, 1.82) is 0 Å². The van der Waals surface area contributed by atoms with Crippen LogP contribution in [0.25, 0.3) is 0 Å². The summed E-state index contributed by atoms with van der Waals surface area (Å²) < 4.78 is 0. The van der Waals surface area contributed by atoms with Gasteiger partial charge in [-0.05, 0) is 37.5 Å². The number of hydrogen-bond acceptors (Lipinski definition) is 3. The van der Waals surface area contributed by atoms with E-state index in [9.17, 15) is 14.4 Å². The molecule has 116 valence electrons. The highest BCUT2D eigenvalue weighted by molar-refractivity contribution is 6.03. The molecular weight excluding hydrogens is 284 g/mol. The van der Waals surface area contributed by atoms with E-state index in [2.05, 4.69) is 5.32 Å². The Bertz CT molecular complexity index is 604. The molecule has 1 saturated heterocycles. The molecule has 1 fully saturated rings. The summed E-state index contributed by atoms with van der Waals surface area (Å²) in [5, 5.41) is 11.0. The maximum Gasteiger partial charge on any atom is 0.328 e. The maximum atomic E-state index is 12.4. The Balaban J connectivity index is 2.04. The molecule has 0 aliphatic carbocycles. The van der Waals surface area contributed by atoms with Crippen LogP contribution in [0.1, 0.15) is 29.6 Å². The van der Waals surface area contributed by atoms with E-state index < -0.39 is 11.9 Å². The number of carbonyl (C=O) groups is 3. The van der Waals surface area contributed by atoms with E-state index in [1.165, 1.54) is 0 Å². The lowest BCUT2D eigenvalue weighted by atomic mass is 10.1. The zero-order chi connectivity index (χ0) is 15.9. The van der Waals surface area contributed by atoms with Crippen LogP contribution in [0, 0.1) is 0 Å². The van der Waals surface area contributed by atoms with Crippen molar-refractivity contribution in [1.82, 2.24) is 4.90 Å². The SMILES string of the molecule is O=C(O)/C=C/C(=O)Nc1cccc(C(=O)N2CCCCC2)c1. The average Bonchev–Trinajstić information content (AvgIpc) is 2.53. The number of benzene rings is 1. The molecule has 6 nitrogen and oxygen atoms in total. The van der Waals surface area contributed by atoms with Gasteiger partial charge >= 0.3 is 5.97 Å². The van der Waals surface area contributed by atoms with Crippen molar-refractivity contribution >= 4 is 23.5 Å². The first-order valence-corrected chi connectivity index (χ1v) is 7.17. The number of likely N-dealkylation sites (tertiary alicyclic amines) is 1. The number of anilines is 1. The lowest BCUT2D eigenvalue weighted by Crippen LogP contribution is -2.35. The van der Waals surface area contributed by atoms with Gasteiger partial charge in [0.2, 0.25) is 5.91 Å². The van der Waals surface area contributed by atoms with Crippen LogP contribution in [0.3, 0.4) is 0 Å². The standard InChI is InChI=1S/C16H18N2O4/c19-14(7-8-15(20)21)17-13-6-4-5-12(11-13)16(22)18-9-2-1-3-10-18/h4-8,11H,1-3,9-10H2,(H,17,19)(H,20,21)/b8-7+. The van der Waals surface area contributed by atoms with Gasteiger partial charge in [0.1, 0.15) is 0 Å². The third-order valence-electron chi connectivity index (χ3n) is 3.40. The van der Waals surface area contributed by atoms with E-state index >= 15 is 0 Å². The molecule has 2 amide bonds. The molecule has 6 heteroatoms. The van der Waals surface area contributed by atoms with Crippen molar-refractivity contribution in [3.05, 3.63) is 42.0 Å². The quantitative estimate of drug-likeness (QED) is 0.832. The minimum Gasteiger partial charge on any atom is -0.478 e. The predicted molar refractivity (Wildman–Crippen MR) is 81.6 cm³/mol. The fraction of sp³-hybridized carbons (Fsp3) is 0.312. The molecular formula is C16H18N2O4. The molecule has 1 aliphatic heterocycles. The first-order valence-electron chi connectivity index (χ1n) is 7.17. The summed E-state index contributed by atoms with van der Waals surface area (Å²) in [5.74, 6) is -1.79. The molecule has 1 aliphatic rings. The summed E-state index contributed by atoms with van der Waals surface area (Å²) in [5.41, 5.74) is 0.977. The highest BCUT2D eigenvalue weighted by Crippen LogP contribution is 2.16. The van der Waals surface area contributed by atoms with Gasteiger partial charge in [-0.25, -0.2) is 4.79 Å². The third-order valence-corrected chi connectivity index (χ3v) is 3.40. The second-order valence-electron chi connectivity index (χ2n) is 5.09. The molecule has 0 unspecified atom stereocenters. The van der Waals surface area contributed by atoms with Crippen LogP contribution >= 0.6 is 0 Å². The number of aliphatic carboxylic acids is 1. The number of nitrogens with zero attached hydrogens (tertiary/aromatic N) is 1. The highest BCUT2D eigenvalue weighted by atomic mass is 16.4. The van der Waals surface area contributed by atoms with Crippen LogP contribution in [0.15, 0.2) is 36.4 Å². The monoisotopic (exact) mass is 302 g/mol. The van der Waals surface area contributed by atoms with Crippen LogP contribution in [-0.4, -0.2) is 40.9 Å². The Morgan fingerprint density at radius 3 is 2.50 bits per heavy atom. The number of carboxylic acids is 1. The minimum absolute atomic E-state index is 0.0446. The number of carboxylic acid groups (broad SMARTS) is 1. The minimum atomic E-state index is -1.19. The Kier molecular flexibility index (Phi) is 5.30. The Morgan fingerprint density at radius 2 is 1.82 bits per heavy atom. The first-order chi connectivity index (χ1) is 10.6. The molecule has 1 aromatic carbocycles. The van der Waals surface area contributed by atoms with Gasteiger partial charge in [-0.3, -0.25) is 9.59 Å². The van der Waals surface area contributed by atoms with Crippen LogP contribution in [-0.2, 0) is 9.59 Å². The number of nitrogens with one attached hydrogen (secondary N) is 1. The molecule has 0 spiro atoms. The molecule has 0 atom stereocenters.